The molecule has 1 unspecified atom stereocenters. The molecule has 2 heterocycles. The average Bonchev–Trinajstić information content (AvgIpc) is 2.84. The Morgan fingerprint density at radius 1 is 1.53 bits per heavy atom. The Labute approximate surface area is 94.6 Å². The lowest BCUT2D eigenvalue weighted by Crippen LogP contribution is -2.09. The fourth-order valence-electron chi connectivity index (χ4n) is 1.92. The van der Waals surface area contributed by atoms with E-state index in [0.29, 0.717) is 11.2 Å². The molecule has 0 aromatic carbocycles. The van der Waals surface area contributed by atoms with Gasteiger partial charge in [0.15, 0.2) is 0 Å². The van der Waals surface area contributed by atoms with E-state index < -0.39 is 0 Å². The highest BCUT2D eigenvalue weighted by atomic mass is 35.5. The van der Waals surface area contributed by atoms with Crippen molar-refractivity contribution in [2.75, 3.05) is 13.2 Å². The van der Waals surface area contributed by atoms with Crippen LogP contribution in [0.1, 0.15) is 25.6 Å². The van der Waals surface area contributed by atoms with Crippen LogP contribution < -0.4 is 0 Å². The smallest absolute Gasteiger partial charge is 0.225 e. The Morgan fingerprint density at radius 2 is 2.40 bits per heavy atom. The summed E-state index contributed by atoms with van der Waals surface area (Å²) in [5, 5.41) is 8.41. The molecular formula is C10H16ClN3O. The predicted octanol–water partition coefficient (Wildman–Crippen LogP) is 1.92. The van der Waals surface area contributed by atoms with Crippen LogP contribution in [0, 0.1) is 5.92 Å². The molecule has 84 valence electrons. The monoisotopic (exact) mass is 229 g/mol. The van der Waals surface area contributed by atoms with Gasteiger partial charge in [0.2, 0.25) is 5.28 Å². The van der Waals surface area contributed by atoms with Crippen LogP contribution in [-0.4, -0.2) is 28.0 Å². The van der Waals surface area contributed by atoms with Gasteiger partial charge in [0.1, 0.15) is 5.82 Å². The molecule has 1 saturated heterocycles. The van der Waals surface area contributed by atoms with E-state index in [1.54, 1.807) is 0 Å². The fourth-order valence-corrected chi connectivity index (χ4v) is 2.14. The molecule has 0 radical (unpaired) electrons. The van der Waals surface area contributed by atoms with Crippen molar-refractivity contribution in [1.82, 2.24) is 14.8 Å². The van der Waals surface area contributed by atoms with Gasteiger partial charge in [0.25, 0.3) is 0 Å². The fraction of sp³-hybridized carbons (Fsp3) is 0.800. The van der Waals surface area contributed by atoms with Crippen LogP contribution in [-0.2, 0) is 17.7 Å². The summed E-state index contributed by atoms with van der Waals surface area (Å²) in [6, 6.07) is 0. The maximum absolute atomic E-state index is 5.97. The van der Waals surface area contributed by atoms with Crippen molar-refractivity contribution in [2.45, 2.75) is 32.7 Å². The Morgan fingerprint density at radius 3 is 3.07 bits per heavy atom. The molecule has 1 aromatic heterocycles. The van der Waals surface area contributed by atoms with Gasteiger partial charge in [0, 0.05) is 26.2 Å². The van der Waals surface area contributed by atoms with Gasteiger partial charge in [-0.2, -0.15) is 0 Å². The third kappa shape index (κ3) is 2.49. The molecule has 0 N–H and O–H groups in total. The van der Waals surface area contributed by atoms with Crippen LogP contribution in [0.15, 0.2) is 0 Å². The number of nitrogens with zero attached hydrogens (tertiary/aromatic N) is 3. The molecule has 0 bridgehead atoms. The Bertz CT molecular complexity index is 320. The molecule has 0 aliphatic carbocycles. The zero-order valence-corrected chi connectivity index (χ0v) is 9.70. The van der Waals surface area contributed by atoms with Crippen LogP contribution in [0.3, 0.4) is 0 Å². The zero-order chi connectivity index (χ0) is 10.7. The number of aryl methyl sites for hydroxylation is 1. The second-order valence-electron chi connectivity index (χ2n) is 3.91. The topological polar surface area (TPSA) is 39.9 Å². The van der Waals surface area contributed by atoms with Crippen molar-refractivity contribution >= 4 is 11.6 Å². The summed E-state index contributed by atoms with van der Waals surface area (Å²) < 4.78 is 7.34. The SMILES string of the molecule is CCc1nnc(Cl)n1CCC1CCOC1. The van der Waals surface area contributed by atoms with Crippen molar-refractivity contribution in [2.24, 2.45) is 5.92 Å². The standard InChI is InChI=1S/C10H16ClN3O/c1-2-9-12-13-10(11)14(9)5-3-8-4-6-15-7-8/h8H,2-7H2,1H3. The van der Waals surface area contributed by atoms with Crippen LogP contribution in [0.2, 0.25) is 5.28 Å². The van der Waals surface area contributed by atoms with E-state index in [9.17, 15) is 0 Å². The summed E-state index contributed by atoms with van der Waals surface area (Å²) in [5.74, 6) is 1.65. The van der Waals surface area contributed by atoms with Crippen molar-refractivity contribution in [3.8, 4) is 0 Å². The van der Waals surface area contributed by atoms with Gasteiger partial charge in [-0.1, -0.05) is 6.92 Å². The number of ether oxygens (including phenoxy) is 1. The minimum atomic E-state index is 0.505. The first-order valence-electron chi connectivity index (χ1n) is 5.46. The molecule has 1 atom stereocenters. The molecule has 1 aliphatic rings. The third-order valence-electron chi connectivity index (χ3n) is 2.88. The molecule has 1 aliphatic heterocycles. The summed E-state index contributed by atoms with van der Waals surface area (Å²) in [4.78, 5) is 0. The van der Waals surface area contributed by atoms with Gasteiger partial charge in [-0.25, -0.2) is 0 Å². The Kier molecular flexibility index (Phi) is 3.59. The van der Waals surface area contributed by atoms with E-state index in [1.165, 1.54) is 6.42 Å². The molecular weight excluding hydrogens is 214 g/mol. The molecule has 1 fully saturated rings. The number of hydrogen-bond acceptors (Lipinski definition) is 3. The highest BCUT2D eigenvalue weighted by Crippen LogP contribution is 2.19. The van der Waals surface area contributed by atoms with Crippen LogP contribution >= 0.6 is 11.6 Å². The summed E-state index contributed by atoms with van der Waals surface area (Å²) in [6.45, 7) is 4.76. The van der Waals surface area contributed by atoms with Gasteiger partial charge < -0.3 is 9.30 Å². The van der Waals surface area contributed by atoms with E-state index in [2.05, 4.69) is 17.1 Å². The second kappa shape index (κ2) is 4.94. The highest BCUT2D eigenvalue weighted by Gasteiger charge is 2.17. The summed E-state index contributed by atoms with van der Waals surface area (Å²) in [7, 11) is 0. The van der Waals surface area contributed by atoms with E-state index in [-0.39, 0.29) is 0 Å². The number of rotatable bonds is 4. The summed E-state index contributed by atoms with van der Waals surface area (Å²) in [6.07, 6.45) is 3.15. The first-order chi connectivity index (χ1) is 7.31. The molecule has 5 heteroatoms. The van der Waals surface area contributed by atoms with E-state index in [0.717, 1.165) is 38.4 Å². The Hall–Kier alpha value is -0.610. The molecule has 15 heavy (non-hydrogen) atoms. The summed E-state index contributed by atoms with van der Waals surface area (Å²) in [5.41, 5.74) is 0. The number of hydrogen-bond donors (Lipinski definition) is 0. The van der Waals surface area contributed by atoms with Gasteiger partial charge in [-0.05, 0) is 30.4 Å². The number of halogens is 1. The molecule has 1 aromatic rings. The summed E-state index contributed by atoms with van der Waals surface area (Å²) >= 11 is 5.97. The zero-order valence-electron chi connectivity index (χ0n) is 8.95. The molecule has 0 spiro atoms. The largest absolute Gasteiger partial charge is 0.381 e. The van der Waals surface area contributed by atoms with Crippen LogP contribution in [0.25, 0.3) is 0 Å². The lowest BCUT2D eigenvalue weighted by molar-refractivity contribution is 0.183. The second-order valence-corrected chi connectivity index (χ2v) is 4.25. The van der Waals surface area contributed by atoms with E-state index >= 15 is 0 Å². The van der Waals surface area contributed by atoms with Gasteiger partial charge in [-0.3, -0.25) is 0 Å². The quantitative estimate of drug-likeness (QED) is 0.792. The highest BCUT2D eigenvalue weighted by molar-refractivity contribution is 6.28. The minimum Gasteiger partial charge on any atom is -0.381 e. The lowest BCUT2D eigenvalue weighted by atomic mass is 10.1. The first-order valence-corrected chi connectivity index (χ1v) is 5.84. The van der Waals surface area contributed by atoms with Gasteiger partial charge in [0.05, 0.1) is 0 Å². The number of aromatic nitrogens is 3. The van der Waals surface area contributed by atoms with Crippen molar-refractivity contribution < 1.29 is 4.74 Å². The lowest BCUT2D eigenvalue weighted by Gasteiger charge is -2.09. The van der Waals surface area contributed by atoms with Gasteiger partial charge >= 0.3 is 0 Å². The molecule has 2 rings (SSSR count). The average molecular weight is 230 g/mol. The molecule has 4 nitrogen and oxygen atoms in total. The van der Waals surface area contributed by atoms with Crippen LogP contribution in [0.5, 0.6) is 0 Å². The van der Waals surface area contributed by atoms with Crippen molar-refractivity contribution in [3.63, 3.8) is 0 Å². The van der Waals surface area contributed by atoms with Crippen molar-refractivity contribution in [3.05, 3.63) is 11.1 Å². The van der Waals surface area contributed by atoms with Crippen molar-refractivity contribution in [1.29, 1.82) is 0 Å². The van der Waals surface area contributed by atoms with Gasteiger partial charge in [-0.15, -0.1) is 10.2 Å². The molecule has 0 saturated carbocycles. The Balaban J connectivity index is 1.94. The van der Waals surface area contributed by atoms with E-state index in [1.807, 2.05) is 4.57 Å². The predicted molar refractivity (Wildman–Crippen MR) is 58.0 cm³/mol. The maximum atomic E-state index is 5.97. The minimum absolute atomic E-state index is 0.505. The third-order valence-corrected chi connectivity index (χ3v) is 3.16. The maximum Gasteiger partial charge on any atom is 0.225 e. The van der Waals surface area contributed by atoms with E-state index in [4.69, 9.17) is 16.3 Å². The normalized spacial score (nSPS) is 21.1. The first kappa shape index (κ1) is 10.9. The van der Waals surface area contributed by atoms with Crippen LogP contribution in [0.4, 0.5) is 0 Å². The molecule has 0 amide bonds.